The van der Waals surface area contributed by atoms with Gasteiger partial charge in [-0.1, -0.05) is 12.8 Å². The molecule has 0 bridgehead atoms. The summed E-state index contributed by atoms with van der Waals surface area (Å²) in [4.78, 5) is 25.5. The highest BCUT2D eigenvalue weighted by molar-refractivity contribution is 6.01. The van der Waals surface area contributed by atoms with Crippen LogP contribution < -0.4 is 0 Å². The zero-order valence-corrected chi connectivity index (χ0v) is 11.3. The van der Waals surface area contributed by atoms with Crippen LogP contribution in [0.5, 0.6) is 0 Å². The van der Waals surface area contributed by atoms with Gasteiger partial charge in [0.2, 0.25) is 5.91 Å². The van der Waals surface area contributed by atoms with Crippen molar-refractivity contribution in [2.24, 2.45) is 11.3 Å². The van der Waals surface area contributed by atoms with Crippen molar-refractivity contribution in [3.05, 3.63) is 0 Å². The lowest BCUT2D eigenvalue weighted by Gasteiger charge is -2.45. The summed E-state index contributed by atoms with van der Waals surface area (Å²) in [5, 5.41) is 9.19. The minimum Gasteiger partial charge on any atom is -0.480 e. The van der Waals surface area contributed by atoms with Crippen molar-refractivity contribution in [1.82, 2.24) is 4.90 Å². The third-order valence-corrected chi connectivity index (χ3v) is 4.57. The second-order valence-electron chi connectivity index (χ2n) is 6.18. The van der Waals surface area contributed by atoms with Crippen LogP contribution in [0.15, 0.2) is 0 Å². The van der Waals surface area contributed by atoms with E-state index in [2.05, 4.69) is 0 Å². The monoisotopic (exact) mass is 253 g/mol. The number of carbonyl (C=O) groups is 2. The van der Waals surface area contributed by atoms with E-state index >= 15 is 0 Å². The van der Waals surface area contributed by atoms with E-state index in [9.17, 15) is 14.7 Å². The molecule has 2 rings (SSSR count). The molecule has 1 heterocycles. The highest BCUT2D eigenvalue weighted by Gasteiger charge is 2.44. The smallest absolute Gasteiger partial charge is 0.318 e. The van der Waals surface area contributed by atoms with E-state index in [1.165, 1.54) is 39.5 Å². The lowest BCUT2D eigenvalue weighted by molar-refractivity contribution is -0.161. The summed E-state index contributed by atoms with van der Waals surface area (Å²) >= 11 is 0. The summed E-state index contributed by atoms with van der Waals surface area (Å²) in [6, 6.07) is 0.290. The predicted octanol–water partition coefficient (Wildman–Crippen LogP) is 2.28. The Bertz CT molecular complexity index is 349. The number of carbonyl (C=O) groups excluding carboxylic acids is 1. The fraction of sp³-hybridized carbons (Fsp3) is 0.857. The van der Waals surface area contributed by atoms with Crippen molar-refractivity contribution in [2.75, 3.05) is 6.54 Å². The normalized spacial score (nSPS) is 28.7. The average Bonchev–Trinajstić information content (AvgIpc) is 2.37. The molecule has 0 aromatic rings. The molecule has 4 heteroatoms. The van der Waals surface area contributed by atoms with Gasteiger partial charge in [0.1, 0.15) is 5.41 Å². The number of aliphatic carboxylic acids is 1. The molecule has 1 amide bonds. The molecule has 2 fully saturated rings. The van der Waals surface area contributed by atoms with E-state index in [1.807, 2.05) is 4.90 Å². The van der Waals surface area contributed by atoms with Crippen molar-refractivity contribution in [1.29, 1.82) is 0 Å². The van der Waals surface area contributed by atoms with Crippen molar-refractivity contribution in [2.45, 2.75) is 58.4 Å². The molecule has 0 aromatic carbocycles. The number of carboxylic acids is 1. The first-order chi connectivity index (χ1) is 8.44. The van der Waals surface area contributed by atoms with Gasteiger partial charge in [0.15, 0.2) is 0 Å². The third kappa shape index (κ3) is 2.25. The summed E-state index contributed by atoms with van der Waals surface area (Å²) in [6.07, 6.45) is 6.88. The van der Waals surface area contributed by atoms with Crippen LogP contribution in [0.2, 0.25) is 0 Å². The fourth-order valence-electron chi connectivity index (χ4n) is 3.33. The molecule has 1 aliphatic heterocycles. The van der Waals surface area contributed by atoms with Gasteiger partial charge < -0.3 is 10.0 Å². The van der Waals surface area contributed by atoms with Crippen LogP contribution in [0.4, 0.5) is 0 Å². The number of piperidine rings is 1. The van der Waals surface area contributed by atoms with Gasteiger partial charge in [0, 0.05) is 12.6 Å². The third-order valence-electron chi connectivity index (χ3n) is 4.57. The summed E-state index contributed by atoms with van der Waals surface area (Å²) in [6.45, 7) is 3.77. The maximum absolute atomic E-state index is 12.5. The molecule has 1 aliphatic carbocycles. The molecule has 0 spiro atoms. The first-order valence-corrected chi connectivity index (χ1v) is 6.99. The van der Waals surface area contributed by atoms with Gasteiger partial charge >= 0.3 is 5.97 Å². The molecule has 1 N–H and O–H groups in total. The largest absolute Gasteiger partial charge is 0.480 e. The van der Waals surface area contributed by atoms with Crippen LogP contribution in [0.25, 0.3) is 0 Å². The minimum atomic E-state index is -1.29. The Balaban J connectivity index is 2.16. The Labute approximate surface area is 108 Å². The molecule has 4 nitrogen and oxygen atoms in total. The van der Waals surface area contributed by atoms with E-state index in [0.717, 1.165) is 19.4 Å². The Morgan fingerprint density at radius 3 is 2.39 bits per heavy atom. The quantitative estimate of drug-likeness (QED) is 0.768. The second kappa shape index (κ2) is 4.90. The first kappa shape index (κ1) is 13.4. The Morgan fingerprint density at radius 2 is 1.72 bits per heavy atom. The molecule has 18 heavy (non-hydrogen) atoms. The van der Waals surface area contributed by atoms with Crippen LogP contribution in [0.1, 0.15) is 52.4 Å². The Morgan fingerprint density at radius 1 is 1.11 bits per heavy atom. The van der Waals surface area contributed by atoms with E-state index in [0.29, 0.717) is 12.0 Å². The number of fused-ring (bicyclic) bond motifs is 1. The number of hydrogen-bond donors (Lipinski definition) is 1. The van der Waals surface area contributed by atoms with Crippen LogP contribution >= 0.6 is 0 Å². The number of rotatable bonds is 2. The van der Waals surface area contributed by atoms with Crippen molar-refractivity contribution < 1.29 is 14.7 Å². The topological polar surface area (TPSA) is 57.6 Å². The lowest BCUT2D eigenvalue weighted by Crippen LogP contribution is -2.55. The summed E-state index contributed by atoms with van der Waals surface area (Å²) in [7, 11) is 0. The van der Waals surface area contributed by atoms with Gasteiger partial charge in [0.25, 0.3) is 0 Å². The van der Waals surface area contributed by atoms with E-state index < -0.39 is 11.4 Å². The van der Waals surface area contributed by atoms with Crippen molar-refractivity contribution in [3.63, 3.8) is 0 Å². The molecule has 2 aliphatic rings. The van der Waals surface area contributed by atoms with Gasteiger partial charge in [-0.15, -0.1) is 0 Å². The molecule has 102 valence electrons. The van der Waals surface area contributed by atoms with Crippen molar-refractivity contribution in [3.8, 4) is 0 Å². The van der Waals surface area contributed by atoms with E-state index in [1.54, 1.807) is 0 Å². The van der Waals surface area contributed by atoms with Gasteiger partial charge in [-0.3, -0.25) is 9.59 Å². The van der Waals surface area contributed by atoms with Crippen molar-refractivity contribution >= 4 is 11.9 Å². The van der Waals surface area contributed by atoms with E-state index in [-0.39, 0.29) is 5.91 Å². The SMILES string of the molecule is CC(C)(C(=O)O)C(=O)N1CCC[C@H]2CCCC[C@H]21. The summed E-state index contributed by atoms with van der Waals surface area (Å²) < 4.78 is 0. The number of carboxylic acid groups (broad SMARTS) is 1. The van der Waals surface area contributed by atoms with Gasteiger partial charge in [-0.2, -0.15) is 0 Å². The first-order valence-electron chi connectivity index (χ1n) is 6.99. The van der Waals surface area contributed by atoms with Crippen LogP contribution in [0, 0.1) is 11.3 Å². The zero-order chi connectivity index (χ0) is 13.3. The molecular weight excluding hydrogens is 230 g/mol. The van der Waals surface area contributed by atoms with Gasteiger partial charge in [-0.25, -0.2) is 0 Å². The summed E-state index contributed by atoms with van der Waals surface area (Å²) in [5.41, 5.74) is -1.29. The maximum Gasteiger partial charge on any atom is 0.318 e. The molecule has 2 atom stereocenters. The highest BCUT2D eigenvalue weighted by Crippen LogP contribution is 2.37. The number of amides is 1. The summed E-state index contributed by atoms with van der Waals surface area (Å²) in [5.74, 6) is -0.627. The molecule has 0 radical (unpaired) electrons. The Hall–Kier alpha value is -1.06. The highest BCUT2D eigenvalue weighted by atomic mass is 16.4. The van der Waals surface area contributed by atoms with Crippen LogP contribution in [-0.4, -0.2) is 34.5 Å². The average molecular weight is 253 g/mol. The molecule has 0 unspecified atom stereocenters. The maximum atomic E-state index is 12.5. The van der Waals surface area contributed by atoms with Gasteiger partial charge in [0.05, 0.1) is 0 Å². The molecular formula is C14H23NO3. The fourth-order valence-corrected chi connectivity index (χ4v) is 3.33. The number of hydrogen-bond acceptors (Lipinski definition) is 2. The minimum absolute atomic E-state index is 0.202. The molecule has 1 saturated heterocycles. The lowest BCUT2D eigenvalue weighted by atomic mass is 9.77. The predicted molar refractivity (Wildman–Crippen MR) is 68.1 cm³/mol. The van der Waals surface area contributed by atoms with Crippen LogP contribution in [-0.2, 0) is 9.59 Å². The number of nitrogens with zero attached hydrogens (tertiary/aromatic N) is 1. The van der Waals surface area contributed by atoms with Gasteiger partial charge in [-0.05, 0) is 45.4 Å². The molecule has 1 saturated carbocycles. The standard InChI is InChI=1S/C14H23NO3/c1-14(2,13(17)18)12(16)15-9-5-7-10-6-3-4-8-11(10)15/h10-11H,3-9H2,1-2H3,(H,17,18)/t10-,11-/m1/s1. The Kier molecular flexibility index (Phi) is 3.64. The molecule has 0 aromatic heterocycles. The second-order valence-corrected chi connectivity index (χ2v) is 6.18. The van der Waals surface area contributed by atoms with Crippen LogP contribution in [0.3, 0.4) is 0 Å². The van der Waals surface area contributed by atoms with E-state index in [4.69, 9.17) is 0 Å². The zero-order valence-electron chi connectivity index (χ0n) is 11.3. The number of likely N-dealkylation sites (tertiary alicyclic amines) is 1.